The van der Waals surface area contributed by atoms with Gasteiger partial charge in [0.2, 0.25) is 0 Å². The number of thiophene rings is 1. The molecule has 0 aromatic carbocycles. The van der Waals surface area contributed by atoms with Crippen molar-refractivity contribution < 1.29 is 0 Å². The maximum atomic E-state index is 5.74. The molecule has 0 aliphatic rings. The minimum absolute atomic E-state index is 0.459. The topological polar surface area (TPSA) is 50.9 Å². The summed E-state index contributed by atoms with van der Waals surface area (Å²) in [6.07, 6.45) is 5.00. The van der Waals surface area contributed by atoms with Crippen LogP contribution in [0.1, 0.15) is 23.8 Å². The highest BCUT2D eigenvalue weighted by Crippen LogP contribution is 2.14. The van der Waals surface area contributed by atoms with E-state index >= 15 is 0 Å². The van der Waals surface area contributed by atoms with Gasteiger partial charge in [0.25, 0.3) is 0 Å². The van der Waals surface area contributed by atoms with E-state index in [2.05, 4.69) is 34.7 Å². The molecule has 0 spiro atoms. The van der Waals surface area contributed by atoms with Crippen LogP contribution >= 0.6 is 11.3 Å². The first kappa shape index (κ1) is 14.0. The fourth-order valence-electron chi connectivity index (χ4n) is 2.14. The summed E-state index contributed by atoms with van der Waals surface area (Å²) in [6.45, 7) is 3.25. The Bertz CT molecular complexity index is 482. The van der Waals surface area contributed by atoms with Crippen LogP contribution in [-0.2, 0) is 12.8 Å². The molecule has 0 aliphatic heterocycles. The number of nitrogens with one attached hydrogen (secondary N) is 1. The molecule has 2 aromatic heterocycles. The highest BCUT2D eigenvalue weighted by Gasteiger charge is 2.11. The Kier molecular flexibility index (Phi) is 5.36. The molecule has 1 atom stereocenters. The van der Waals surface area contributed by atoms with Gasteiger partial charge in [0.05, 0.1) is 0 Å². The van der Waals surface area contributed by atoms with Crippen molar-refractivity contribution in [1.82, 2.24) is 10.3 Å². The number of pyridine rings is 1. The molecule has 1 unspecified atom stereocenters. The van der Waals surface area contributed by atoms with Crippen molar-refractivity contribution in [3.8, 4) is 0 Å². The lowest BCUT2D eigenvalue weighted by Crippen LogP contribution is -2.33. The zero-order chi connectivity index (χ0) is 13.5. The number of hydrogen-bond acceptors (Lipinski definition) is 4. The van der Waals surface area contributed by atoms with Gasteiger partial charge in [-0.15, -0.1) is 11.3 Å². The van der Waals surface area contributed by atoms with Gasteiger partial charge in [0.1, 0.15) is 5.82 Å². The molecular weight excluding hydrogens is 254 g/mol. The average Bonchev–Trinajstić information content (AvgIpc) is 2.89. The van der Waals surface area contributed by atoms with E-state index in [1.807, 2.05) is 23.5 Å². The Labute approximate surface area is 118 Å². The van der Waals surface area contributed by atoms with Gasteiger partial charge in [-0.1, -0.05) is 13.0 Å². The summed E-state index contributed by atoms with van der Waals surface area (Å²) in [5.41, 5.74) is 6.99. The van der Waals surface area contributed by atoms with Crippen molar-refractivity contribution in [1.29, 1.82) is 0 Å². The fourth-order valence-corrected chi connectivity index (χ4v) is 2.93. The second-order valence-corrected chi connectivity index (χ2v) is 5.76. The standard InChI is InChI=1S/C15H21N3S/c1-2-6-17-13(11-14-4-3-8-19-14)9-12-5-7-18-15(16)10-12/h3-5,7-8,10,13,17H,2,6,9,11H2,1H3,(H2,16,18). The quantitative estimate of drug-likeness (QED) is 0.817. The SMILES string of the molecule is CCCNC(Cc1ccnc(N)c1)Cc1cccs1. The van der Waals surface area contributed by atoms with Crippen molar-refractivity contribution in [2.45, 2.75) is 32.2 Å². The first-order valence-corrected chi connectivity index (χ1v) is 7.62. The Morgan fingerprint density at radius 3 is 2.95 bits per heavy atom. The van der Waals surface area contributed by atoms with Crippen LogP contribution in [-0.4, -0.2) is 17.6 Å². The predicted molar refractivity (Wildman–Crippen MR) is 82.5 cm³/mol. The largest absolute Gasteiger partial charge is 0.384 e. The number of nitrogen functional groups attached to an aromatic ring is 1. The minimum Gasteiger partial charge on any atom is -0.384 e. The maximum absolute atomic E-state index is 5.74. The van der Waals surface area contributed by atoms with Crippen molar-refractivity contribution in [2.24, 2.45) is 0 Å². The number of nitrogens with zero attached hydrogens (tertiary/aromatic N) is 1. The lowest BCUT2D eigenvalue weighted by atomic mass is 10.0. The van der Waals surface area contributed by atoms with E-state index in [1.165, 1.54) is 10.4 Å². The van der Waals surface area contributed by atoms with Crippen LogP contribution < -0.4 is 11.1 Å². The third-order valence-electron chi connectivity index (χ3n) is 3.04. The summed E-state index contributed by atoms with van der Waals surface area (Å²) in [4.78, 5) is 5.47. The van der Waals surface area contributed by atoms with Crippen molar-refractivity contribution in [3.05, 3.63) is 46.3 Å². The molecule has 0 saturated heterocycles. The maximum Gasteiger partial charge on any atom is 0.123 e. The summed E-state index contributed by atoms with van der Waals surface area (Å²) < 4.78 is 0. The van der Waals surface area contributed by atoms with Crippen LogP contribution in [0.4, 0.5) is 5.82 Å². The van der Waals surface area contributed by atoms with Gasteiger partial charge < -0.3 is 11.1 Å². The zero-order valence-corrected chi connectivity index (χ0v) is 12.1. The molecule has 102 valence electrons. The molecule has 0 bridgehead atoms. The van der Waals surface area contributed by atoms with Crippen molar-refractivity contribution in [3.63, 3.8) is 0 Å². The third-order valence-corrected chi connectivity index (χ3v) is 3.94. The summed E-state index contributed by atoms with van der Waals surface area (Å²) >= 11 is 1.82. The highest BCUT2D eigenvalue weighted by atomic mass is 32.1. The van der Waals surface area contributed by atoms with E-state index < -0.39 is 0 Å². The third kappa shape index (κ3) is 4.65. The lowest BCUT2D eigenvalue weighted by molar-refractivity contribution is 0.507. The number of rotatable bonds is 7. The van der Waals surface area contributed by atoms with Crippen LogP contribution in [0.25, 0.3) is 0 Å². The van der Waals surface area contributed by atoms with Gasteiger partial charge in [0, 0.05) is 17.1 Å². The smallest absolute Gasteiger partial charge is 0.123 e. The molecule has 3 nitrogen and oxygen atoms in total. The van der Waals surface area contributed by atoms with Crippen LogP contribution in [0.5, 0.6) is 0 Å². The average molecular weight is 275 g/mol. The van der Waals surface area contributed by atoms with E-state index in [0.29, 0.717) is 11.9 Å². The molecule has 2 aromatic rings. The molecule has 19 heavy (non-hydrogen) atoms. The lowest BCUT2D eigenvalue weighted by Gasteiger charge is -2.18. The van der Waals surface area contributed by atoms with Crippen LogP contribution in [0.2, 0.25) is 0 Å². The summed E-state index contributed by atoms with van der Waals surface area (Å²) in [5.74, 6) is 0.600. The highest BCUT2D eigenvalue weighted by molar-refractivity contribution is 7.09. The van der Waals surface area contributed by atoms with Crippen molar-refractivity contribution >= 4 is 17.2 Å². The van der Waals surface area contributed by atoms with E-state index in [9.17, 15) is 0 Å². The molecular formula is C15H21N3S. The van der Waals surface area contributed by atoms with Gasteiger partial charge >= 0.3 is 0 Å². The Morgan fingerprint density at radius 1 is 1.37 bits per heavy atom. The van der Waals surface area contributed by atoms with E-state index in [4.69, 9.17) is 5.73 Å². The molecule has 0 saturated carbocycles. The molecule has 0 fully saturated rings. The monoisotopic (exact) mass is 275 g/mol. The Balaban J connectivity index is 2.00. The minimum atomic E-state index is 0.459. The normalized spacial score (nSPS) is 12.5. The zero-order valence-electron chi connectivity index (χ0n) is 11.3. The molecule has 4 heteroatoms. The van der Waals surface area contributed by atoms with Crippen molar-refractivity contribution in [2.75, 3.05) is 12.3 Å². The second-order valence-electron chi connectivity index (χ2n) is 4.73. The number of hydrogen-bond donors (Lipinski definition) is 2. The number of anilines is 1. The van der Waals surface area contributed by atoms with Gasteiger partial charge in [0.15, 0.2) is 0 Å². The van der Waals surface area contributed by atoms with Gasteiger partial charge in [-0.3, -0.25) is 0 Å². The fraction of sp³-hybridized carbons (Fsp3) is 0.400. The van der Waals surface area contributed by atoms with Gasteiger partial charge in [-0.2, -0.15) is 0 Å². The molecule has 0 aliphatic carbocycles. The second kappa shape index (κ2) is 7.26. The number of aromatic nitrogens is 1. The van der Waals surface area contributed by atoms with Crippen LogP contribution in [0.15, 0.2) is 35.8 Å². The molecule has 0 radical (unpaired) electrons. The molecule has 2 rings (SSSR count). The van der Waals surface area contributed by atoms with Gasteiger partial charge in [-0.05, 0) is 54.9 Å². The first-order valence-electron chi connectivity index (χ1n) is 6.74. The van der Waals surface area contributed by atoms with Crippen LogP contribution in [0.3, 0.4) is 0 Å². The summed E-state index contributed by atoms with van der Waals surface area (Å²) in [7, 11) is 0. The van der Waals surface area contributed by atoms with E-state index in [0.717, 1.165) is 25.8 Å². The van der Waals surface area contributed by atoms with E-state index in [-0.39, 0.29) is 0 Å². The predicted octanol–water partition coefficient (Wildman–Crippen LogP) is 2.88. The van der Waals surface area contributed by atoms with Crippen LogP contribution in [0, 0.1) is 0 Å². The van der Waals surface area contributed by atoms with Gasteiger partial charge in [-0.25, -0.2) is 4.98 Å². The Hall–Kier alpha value is -1.39. The Morgan fingerprint density at radius 2 is 2.26 bits per heavy atom. The first-order chi connectivity index (χ1) is 9.28. The molecule has 3 N–H and O–H groups in total. The summed E-state index contributed by atoms with van der Waals surface area (Å²) in [6, 6.07) is 8.79. The van der Waals surface area contributed by atoms with E-state index in [1.54, 1.807) is 6.20 Å². The molecule has 2 heterocycles. The molecule has 0 amide bonds. The summed E-state index contributed by atoms with van der Waals surface area (Å²) in [5, 5.41) is 5.76. The number of nitrogens with two attached hydrogens (primary N) is 1.